The van der Waals surface area contributed by atoms with Crippen molar-refractivity contribution in [2.45, 2.75) is 26.9 Å². The Kier molecular flexibility index (Phi) is 8.38. The highest BCUT2D eigenvalue weighted by Crippen LogP contribution is 2.17. The Morgan fingerprint density at radius 3 is 2.42 bits per heavy atom. The number of anilines is 1. The van der Waals surface area contributed by atoms with Gasteiger partial charge in [0.15, 0.2) is 0 Å². The first kappa shape index (κ1) is 24.2. The molecule has 7 heteroatoms. The predicted molar refractivity (Wildman–Crippen MR) is 132 cm³/mol. The lowest BCUT2D eigenvalue weighted by Crippen LogP contribution is -2.44. The van der Waals surface area contributed by atoms with Gasteiger partial charge in [0.2, 0.25) is 5.91 Å². The summed E-state index contributed by atoms with van der Waals surface area (Å²) < 4.78 is 13.3. The Labute approximate surface area is 198 Å². The molecule has 0 atom stereocenters. The second kappa shape index (κ2) is 11.4. The molecule has 2 aromatic carbocycles. The van der Waals surface area contributed by atoms with Crippen LogP contribution in [0.25, 0.3) is 0 Å². The second-order valence-corrected chi connectivity index (χ2v) is 8.89. The Balaban J connectivity index is 1.74. The third kappa shape index (κ3) is 7.02. The number of aryl methyl sites for hydroxylation is 2. The van der Waals surface area contributed by atoms with Crippen LogP contribution in [-0.4, -0.2) is 34.8 Å². The first-order valence-electron chi connectivity index (χ1n) is 10.6. The molecule has 0 saturated heterocycles. The van der Waals surface area contributed by atoms with E-state index in [1.807, 2.05) is 49.6 Å². The molecule has 3 amide bonds. The highest BCUT2D eigenvalue weighted by Gasteiger charge is 2.22. The highest BCUT2D eigenvalue weighted by molar-refractivity contribution is 7.09. The van der Waals surface area contributed by atoms with Gasteiger partial charge in [0.25, 0.3) is 0 Å². The van der Waals surface area contributed by atoms with Gasteiger partial charge in [-0.25, -0.2) is 9.18 Å². The predicted octanol–water partition coefficient (Wildman–Crippen LogP) is 5.75. The highest BCUT2D eigenvalue weighted by atomic mass is 32.1. The van der Waals surface area contributed by atoms with Crippen LogP contribution in [0.15, 0.2) is 72.6 Å². The fourth-order valence-electron chi connectivity index (χ4n) is 3.29. The molecule has 0 aliphatic rings. The minimum absolute atomic E-state index is 0.102. The molecule has 1 heterocycles. The summed E-state index contributed by atoms with van der Waals surface area (Å²) in [5.41, 5.74) is 3.69. The van der Waals surface area contributed by atoms with E-state index in [-0.39, 0.29) is 30.8 Å². The van der Waals surface area contributed by atoms with Crippen LogP contribution in [0.1, 0.15) is 21.6 Å². The molecule has 172 valence electrons. The second-order valence-electron chi connectivity index (χ2n) is 7.85. The summed E-state index contributed by atoms with van der Waals surface area (Å²) in [7, 11) is 0. The number of benzene rings is 2. The van der Waals surface area contributed by atoms with E-state index in [4.69, 9.17) is 0 Å². The number of nitrogens with zero attached hydrogens (tertiary/aromatic N) is 2. The van der Waals surface area contributed by atoms with Crippen LogP contribution in [0.4, 0.5) is 14.9 Å². The van der Waals surface area contributed by atoms with Crippen LogP contribution >= 0.6 is 11.3 Å². The Bertz CT molecular complexity index is 1100. The third-order valence-electron chi connectivity index (χ3n) is 5.29. The standard InChI is InChI=1S/C26H28FN3O2S/c1-4-13-29(26(32)28-23-12-7-19(2)20(3)15-23)18-25(31)30(17-24-6-5-14-33-24)16-21-8-10-22(27)11-9-21/h4-12,14-15H,1,13,16-18H2,2-3H3,(H,28,32). The van der Waals surface area contributed by atoms with Crippen molar-refractivity contribution >= 4 is 29.0 Å². The number of carbonyl (C=O) groups excluding carboxylic acids is 2. The van der Waals surface area contributed by atoms with Gasteiger partial charge in [0, 0.05) is 23.7 Å². The Morgan fingerprint density at radius 1 is 1.03 bits per heavy atom. The summed E-state index contributed by atoms with van der Waals surface area (Å²) in [5.74, 6) is -0.528. The third-order valence-corrected chi connectivity index (χ3v) is 6.15. The van der Waals surface area contributed by atoms with Gasteiger partial charge in [0.05, 0.1) is 6.54 Å². The minimum atomic E-state index is -0.371. The molecule has 0 aliphatic heterocycles. The average Bonchev–Trinajstić information content (AvgIpc) is 3.30. The van der Waals surface area contributed by atoms with Gasteiger partial charge in [-0.1, -0.05) is 30.3 Å². The monoisotopic (exact) mass is 465 g/mol. The van der Waals surface area contributed by atoms with Gasteiger partial charge in [-0.05, 0) is 66.2 Å². The first-order valence-corrected chi connectivity index (χ1v) is 11.5. The van der Waals surface area contributed by atoms with Crippen molar-refractivity contribution in [3.05, 3.63) is 100 Å². The molecule has 3 rings (SSSR count). The smallest absolute Gasteiger partial charge is 0.322 e. The summed E-state index contributed by atoms with van der Waals surface area (Å²) in [5, 5.41) is 4.82. The van der Waals surface area contributed by atoms with Gasteiger partial charge in [-0.15, -0.1) is 17.9 Å². The van der Waals surface area contributed by atoms with Crippen molar-refractivity contribution in [2.75, 3.05) is 18.4 Å². The topological polar surface area (TPSA) is 52.7 Å². The molecular weight excluding hydrogens is 437 g/mol. The van der Waals surface area contributed by atoms with Crippen molar-refractivity contribution < 1.29 is 14.0 Å². The van der Waals surface area contributed by atoms with E-state index in [0.717, 1.165) is 21.6 Å². The number of halogens is 1. The van der Waals surface area contributed by atoms with Gasteiger partial charge in [-0.2, -0.15) is 0 Å². The lowest BCUT2D eigenvalue weighted by Gasteiger charge is -2.27. The molecular formula is C26H28FN3O2S. The molecule has 0 saturated carbocycles. The Hall–Kier alpha value is -3.45. The summed E-state index contributed by atoms with van der Waals surface area (Å²) >= 11 is 1.56. The molecule has 1 N–H and O–H groups in total. The number of urea groups is 1. The van der Waals surface area contributed by atoms with Crippen LogP contribution in [0.2, 0.25) is 0 Å². The van der Waals surface area contributed by atoms with Crippen molar-refractivity contribution in [1.82, 2.24) is 9.80 Å². The zero-order valence-electron chi connectivity index (χ0n) is 18.9. The number of hydrogen-bond acceptors (Lipinski definition) is 3. The van der Waals surface area contributed by atoms with E-state index in [9.17, 15) is 14.0 Å². The quantitative estimate of drug-likeness (QED) is 0.409. The first-order chi connectivity index (χ1) is 15.9. The van der Waals surface area contributed by atoms with Gasteiger partial charge in [-0.3, -0.25) is 4.79 Å². The molecule has 0 spiro atoms. The number of thiophene rings is 1. The van der Waals surface area contributed by atoms with Crippen molar-refractivity contribution in [3.8, 4) is 0 Å². The van der Waals surface area contributed by atoms with E-state index in [0.29, 0.717) is 18.8 Å². The molecule has 1 aromatic heterocycles. The zero-order chi connectivity index (χ0) is 23.8. The Morgan fingerprint density at radius 2 is 1.79 bits per heavy atom. The van der Waals surface area contributed by atoms with Crippen LogP contribution < -0.4 is 5.32 Å². The summed E-state index contributed by atoms with van der Waals surface area (Å²) in [6, 6.07) is 15.3. The molecule has 5 nitrogen and oxygen atoms in total. The molecule has 33 heavy (non-hydrogen) atoms. The van der Waals surface area contributed by atoms with Crippen molar-refractivity contribution in [2.24, 2.45) is 0 Å². The van der Waals surface area contributed by atoms with Crippen LogP contribution in [0, 0.1) is 19.7 Å². The average molecular weight is 466 g/mol. The lowest BCUT2D eigenvalue weighted by atomic mass is 10.1. The van der Waals surface area contributed by atoms with Crippen LogP contribution in [0.5, 0.6) is 0 Å². The maximum absolute atomic E-state index is 13.3. The van der Waals surface area contributed by atoms with Gasteiger partial charge in [0.1, 0.15) is 12.4 Å². The number of nitrogens with one attached hydrogen (secondary N) is 1. The molecule has 0 unspecified atom stereocenters. The maximum atomic E-state index is 13.3. The van der Waals surface area contributed by atoms with Crippen molar-refractivity contribution in [1.29, 1.82) is 0 Å². The van der Waals surface area contributed by atoms with Gasteiger partial charge < -0.3 is 15.1 Å². The number of hydrogen-bond donors (Lipinski definition) is 1. The van der Waals surface area contributed by atoms with Gasteiger partial charge >= 0.3 is 6.03 Å². The minimum Gasteiger partial charge on any atom is -0.332 e. The van der Waals surface area contributed by atoms with E-state index in [1.165, 1.54) is 17.0 Å². The van der Waals surface area contributed by atoms with E-state index < -0.39 is 0 Å². The lowest BCUT2D eigenvalue weighted by molar-refractivity contribution is -0.132. The largest absolute Gasteiger partial charge is 0.332 e. The molecule has 3 aromatic rings. The molecule has 0 radical (unpaired) electrons. The van der Waals surface area contributed by atoms with E-state index >= 15 is 0 Å². The van der Waals surface area contributed by atoms with Crippen LogP contribution in [-0.2, 0) is 17.9 Å². The normalized spacial score (nSPS) is 10.5. The zero-order valence-corrected chi connectivity index (χ0v) is 19.7. The summed E-state index contributed by atoms with van der Waals surface area (Å²) in [6.45, 7) is 8.57. The van der Waals surface area contributed by atoms with E-state index in [1.54, 1.807) is 34.4 Å². The fourth-order valence-corrected chi connectivity index (χ4v) is 4.01. The van der Waals surface area contributed by atoms with Crippen molar-refractivity contribution in [3.63, 3.8) is 0 Å². The number of amides is 3. The summed E-state index contributed by atoms with van der Waals surface area (Å²) in [4.78, 5) is 30.3. The number of rotatable bonds is 9. The van der Waals surface area contributed by atoms with E-state index in [2.05, 4.69) is 11.9 Å². The van der Waals surface area contributed by atoms with Crippen LogP contribution in [0.3, 0.4) is 0 Å². The molecule has 0 aliphatic carbocycles. The maximum Gasteiger partial charge on any atom is 0.322 e. The summed E-state index contributed by atoms with van der Waals surface area (Å²) in [6.07, 6.45) is 1.59. The molecule has 0 fully saturated rings. The fraction of sp³-hybridized carbons (Fsp3) is 0.231. The SMILES string of the molecule is C=CCN(CC(=O)N(Cc1ccc(F)cc1)Cc1cccs1)C(=O)Nc1ccc(C)c(C)c1. The number of carbonyl (C=O) groups is 2. The molecule has 0 bridgehead atoms.